The van der Waals surface area contributed by atoms with Crippen molar-refractivity contribution < 1.29 is 34.2 Å². The molecule has 0 saturated heterocycles. The first-order valence-corrected chi connectivity index (χ1v) is 10.3. The lowest BCUT2D eigenvalue weighted by Gasteiger charge is -2.24. The summed E-state index contributed by atoms with van der Waals surface area (Å²) >= 11 is 3.88. The van der Waals surface area contributed by atoms with E-state index < -0.39 is 60.2 Å². The van der Waals surface area contributed by atoms with E-state index >= 15 is 0 Å². The first-order chi connectivity index (χ1) is 15.0. The summed E-state index contributed by atoms with van der Waals surface area (Å²) in [6, 6.07) is -5.10. The number of nitrogens with two attached hydrogens (primary N) is 1. The van der Waals surface area contributed by atoms with Crippen LogP contribution in [-0.4, -0.2) is 79.8 Å². The van der Waals surface area contributed by atoms with Crippen LogP contribution in [0.25, 0.3) is 0 Å². The molecule has 0 radical (unpaired) electrons. The summed E-state index contributed by atoms with van der Waals surface area (Å²) in [5.41, 5.74) is 6.20. The Labute approximate surface area is 189 Å². The minimum Gasteiger partial charge on any atom is -0.481 e. The highest BCUT2D eigenvalue weighted by molar-refractivity contribution is 7.80. The summed E-state index contributed by atoms with van der Waals surface area (Å²) in [7, 11) is 0. The lowest BCUT2D eigenvalue weighted by Crippen LogP contribution is -2.58. The van der Waals surface area contributed by atoms with Crippen LogP contribution in [0, 0.1) is 5.92 Å². The molecule has 4 unspecified atom stereocenters. The standard InChI is InChI=1S/C18H28N6O7S/c1-8(2)14(19)17(29)23-11(4-13(25)26)16(28)22-10(3-9-5-20-7-21-9)15(27)24-12(6-32)18(30)31/h5,7-8,10-12,14,32H,3-4,6,19H2,1-2H3,(H,20,21)(H,22,28)(H,23,29)(H,24,27)(H,25,26)(H,30,31). The number of amides is 3. The second-order valence-electron chi connectivity index (χ2n) is 7.35. The molecular weight excluding hydrogens is 444 g/mol. The van der Waals surface area contributed by atoms with E-state index in [9.17, 15) is 24.0 Å². The SMILES string of the molecule is CC(C)C(N)C(=O)NC(CC(=O)O)C(=O)NC(Cc1cnc[nH]1)C(=O)NC(CS)C(=O)O. The van der Waals surface area contributed by atoms with Gasteiger partial charge in [-0.05, 0) is 5.92 Å². The zero-order valence-corrected chi connectivity index (χ0v) is 18.5. The molecular formula is C18H28N6O7S. The number of aromatic nitrogens is 2. The number of nitrogens with one attached hydrogen (secondary N) is 4. The smallest absolute Gasteiger partial charge is 0.327 e. The molecule has 8 N–H and O–H groups in total. The lowest BCUT2D eigenvalue weighted by molar-refractivity contribution is -0.142. The van der Waals surface area contributed by atoms with Gasteiger partial charge >= 0.3 is 11.9 Å². The highest BCUT2D eigenvalue weighted by Gasteiger charge is 2.32. The fourth-order valence-electron chi connectivity index (χ4n) is 2.51. The van der Waals surface area contributed by atoms with Gasteiger partial charge < -0.3 is 36.9 Å². The topological polar surface area (TPSA) is 217 Å². The summed E-state index contributed by atoms with van der Waals surface area (Å²) in [6.45, 7) is 3.36. The van der Waals surface area contributed by atoms with E-state index in [1.54, 1.807) is 13.8 Å². The average Bonchev–Trinajstić information content (AvgIpc) is 3.22. The number of aromatic amines is 1. The third-order valence-corrected chi connectivity index (χ3v) is 4.81. The number of carbonyl (C=O) groups excluding carboxylic acids is 3. The molecule has 0 bridgehead atoms. The summed E-state index contributed by atoms with van der Waals surface area (Å²) in [6.07, 6.45) is 1.89. The predicted octanol–water partition coefficient (Wildman–Crippen LogP) is -2.12. The largest absolute Gasteiger partial charge is 0.481 e. The van der Waals surface area contributed by atoms with Gasteiger partial charge in [-0.1, -0.05) is 13.8 Å². The Morgan fingerprint density at radius 3 is 2.06 bits per heavy atom. The van der Waals surface area contributed by atoms with Crippen LogP contribution >= 0.6 is 12.6 Å². The quantitative estimate of drug-likeness (QED) is 0.147. The van der Waals surface area contributed by atoms with Crippen molar-refractivity contribution in [1.82, 2.24) is 25.9 Å². The third-order valence-electron chi connectivity index (χ3n) is 4.44. The van der Waals surface area contributed by atoms with E-state index in [0.29, 0.717) is 5.69 Å². The number of hydrogen-bond acceptors (Lipinski definition) is 8. The van der Waals surface area contributed by atoms with Crippen LogP contribution in [0.2, 0.25) is 0 Å². The Hall–Kier alpha value is -3.13. The maximum Gasteiger partial charge on any atom is 0.327 e. The van der Waals surface area contributed by atoms with Gasteiger partial charge in [-0.25, -0.2) is 9.78 Å². The summed E-state index contributed by atoms with van der Waals surface area (Å²) in [5.74, 6) is -5.66. The molecule has 0 aliphatic rings. The number of carboxylic acid groups (broad SMARTS) is 2. The van der Waals surface area contributed by atoms with Gasteiger partial charge in [0.15, 0.2) is 0 Å². The second-order valence-corrected chi connectivity index (χ2v) is 7.72. The number of carboxylic acids is 2. The van der Waals surface area contributed by atoms with Gasteiger partial charge in [0.1, 0.15) is 18.1 Å². The second kappa shape index (κ2) is 12.7. The van der Waals surface area contributed by atoms with Gasteiger partial charge in [0.25, 0.3) is 0 Å². The Morgan fingerprint density at radius 1 is 1.03 bits per heavy atom. The molecule has 1 aromatic rings. The van der Waals surface area contributed by atoms with E-state index in [1.165, 1.54) is 12.5 Å². The number of imidazole rings is 1. The third kappa shape index (κ3) is 8.55. The maximum absolute atomic E-state index is 12.8. The molecule has 3 amide bonds. The van der Waals surface area contributed by atoms with E-state index in [0.717, 1.165) is 0 Å². The Bertz CT molecular complexity index is 817. The number of aliphatic carboxylic acids is 2. The monoisotopic (exact) mass is 472 g/mol. The van der Waals surface area contributed by atoms with E-state index in [-0.39, 0.29) is 18.1 Å². The van der Waals surface area contributed by atoms with Crippen molar-refractivity contribution in [3.8, 4) is 0 Å². The van der Waals surface area contributed by atoms with Gasteiger partial charge in [0.2, 0.25) is 17.7 Å². The average molecular weight is 473 g/mol. The lowest BCUT2D eigenvalue weighted by atomic mass is 10.0. The fourth-order valence-corrected chi connectivity index (χ4v) is 2.76. The van der Waals surface area contributed by atoms with Crippen molar-refractivity contribution in [2.24, 2.45) is 11.7 Å². The van der Waals surface area contributed by atoms with Gasteiger partial charge in [0, 0.05) is 24.1 Å². The molecule has 0 saturated carbocycles. The van der Waals surface area contributed by atoms with Crippen LogP contribution in [0.4, 0.5) is 0 Å². The molecule has 1 rings (SSSR count). The van der Waals surface area contributed by atoms with Crippen LogP contribution in [0.5, 0.6) is 0 Å². The fraction of sp³-hybridized carbons (Fsp3) is 0.556. The minimum atomic E-state index is -1.51. The number of carbonyl (C=O) groups is 5. The number of rotatable bonds is 13. The molecule has 4 atom stereocenters. The minimum absolute atomic E-state index is 0.101. The molecule has 0 aromatic carbocycles. The molecule has 14 heteroatoms. The molecule has 0 spiro atoms. The van der Waals surface area contributed by atoms with E-state index in [2.05, 4.69) is 38.5 Å². The van der Waals surface area contributed by atoms with Gasteiger partial charge in [-0.15, -0.1) is 0 Å². The molecule has 0 fully saturated rings. The molecule has 178 valence electrons. The number of hydrogen-bond donors (Lipinski definition) is 8. The highest BCUT2D eigenvalue weighted by Crippen LogP contribution is 2.04. The predicted molar refractivity (Wildman–Crippen MR) is 115 cm³/mol. The Kier molecular flexibility index (Phi) is 10.6. The van der Waals surface area contributed by atoms with Crippen molar-refractivity contribution >= 4 is 42.3 Å². The van der Waals surface area contributed by atoms with Crippen LogP contribution in [-0.2, 0) is 30.4 Å². The van der Waals surface area contributed by atoms with E-state index in [1.807, 2.05) is 0 Å². The van der Waals surface area contributed by atoms with Crippen LogP contribution in [0.3, 0.4) is 0 Å². The van der Waals surface area contributed by atoms with E-state index in [4.69, 9.17) is 15.9 Å². The summed E-state index contributed by atoms with van der Waals surface area (Å²) in [5, 5.41) is 25.2. The first kappa shape index (κ1) is 26.9. The Morgan fingerprint density at radius 2 is 1.59 bits per heavy atom. The summed E-state index contributed by atoms with van der Waals surface area (Å²) in [4.78, 5) is 66.7. The molecule has 1 aromatic heterocycles. The first-order valence-electron chi connectivity index (χ1n) is 9.65. The summed E-state index contributed by atoms with van der Waals surface area (Å²) < 4.78 is 0. The van der Waals surface area contributed by atoms with Gasteiger partial charge in [-0.3, -0.25) is 19.2 Å². The maximum atomic E-state index is 12.8. The molecule has 1 heterocycles. The zero-order valence-electron chi connectivity index (χ0n) is 17.6. The molecule has 0 aliphatic heterocycles. The van der Waals surface area contributed by atoms with Crippen molar-refractivity contribution in [3.63, 3.8) is 0 Å². The molecule has 0 aliphatic carbocycles. The number of H-pyrrole nitrogens is 1. The normalized spacial score (nSPS) is 14.7. The molecule has 32 heavy (non-hydrogen) atoms. The highest BCUT2D eigenvalue weighted by atomic mass is 32.1. The zero-order chi connectivity index (χ0) is 24.4. The van der Waals surface area contributed by atoms with Crippen LogP contribution in [0.1, 0.15) is 26.0 Å². The number of nitrogens with zero attached hydrogens (tertiary/aromatic N) is 1. The molecule has 13 nitrogen and oxygen atoms in total. The van der Waals surface area contributed by atoms with Crippen LogP contribution in [0.15, 0.2) is 12.5 Å². The Balaban J connectivity index is 3.04. The number of thiol groups is 1. The van der Waals surface area contributed by atoms with Crippen molar-refractivity contribution in [2.75, 3.05) is 5.75 Å². The van der Waals surface area contributed by atoms with Crippen molar-refractivity contribution in [3.05, 3.63) is 18.2 Å². The van der Waals surface area contributed by atoms with Crippen molar-refractivity contribution in [1.29, 1.82) is 0 Å². The van der Waals surface area contributed by atoms with Crippen molar-refractivity contribution in [2.45, 2.75) is 50.9 Å². The van der Waals surface area contributed by atoms with Gasteiger partial charge in [0.05, 0.1) is 18.8 Å². The van der Waals surface area contributed by atoms with Gasteiger partial charge in [-0.2, -0.15) is 12.6 Å². The van der Waals surface area contributed by atoms with Crippen LogP contribution < -0.4 is 21.7 Å².